The molecule has 1 aromatic carbocycles. The number of esters is 1. The molecule has 1 aromatic rings. The lowest BCUT2D eigenvalue weighted by Crippen LogP contribution is -2.19. The summed E-state index contributed by atoms with van der Waals surface area (Å²) in [5.41, 5.74) is -0.430. The third-order valence-corrected chi connectivity index (χ3v) is 2.84. The Labute approximate surface area is 132 Å². The van der Waals surface area contributed by atoms with Gasteiger partial charge in [0.1, 0.15) is 10.6 Å². The number of nitro groups is 1. The van der Waals surface area contributed by atoms with Crippen molar-refractivity contribution in [1.29, 1.82) is 0 Å². The molecule has 0 unspecified atom stereocenters. The average molecular weight is 327 g/mol. The fraction of sp³-hybridized carbons (Fsp3) is 0.286. The molecule has 0 aliphatic heterocycles. The summed E-state index contributed by atoms with van der Waals surface area (Å²) in [6.07, 6.45) is 1.33. The number of rotatable bonds is 6. The SMILES string of the molecule is CCOC(=O)C(=CN(C)C)C(=O)c1ccc([N+](=O)[O-])c(Cl)c1. The number of ether oxygens (including phenoxy) is 1. The van der Waals surface area contributed by atoms with Crippen molar-refractivity contribution in [3.63, 3.8) is 0 Å². The van der Waals surface area contributed by atoms with Gasteiger partial charge in [-0.2, -0.15) is 0 Å². The molecular formula is C14H15ClN2O5. The van der Waals surface area contributed by atoms with E-state index in [-0.39, 0.29) is 28.5 Å². The summed E-state index contributed by atoms with van der Waals surface area (Å²) in [5.74, 6) is -1.39. The van der Waals surface area contributed by atoms with Gasteiger partial charge in [-0.3, -0.25) is 14.9 Å². The molecule has 1 rings (SSSR count). The molecule has 0 amide bonds. The highest BCUT2D eigenvalue weighted by Crippen LogP contribution is 2.26. The fourth-order valence-corrected chi connectivity index (χ4v) is 1.87. The van der Waals surface area contributed by atoms with E-state index in [0.29, 0.717) is 0 Å². The molecule has 0 bridgehead atoms. The van der Waals surface area contributed by atoms with Crippen LogP contribution < -0.4 is 0 Å². The van der Waals surface area contributed by atoms with Gasteiger partial charge in [-0.15, -0.1) is 0 Å². The van der Waals surface area contributed by atoms with Crippen LogP contribution in [0.5, 0.6) is 0 Å². The molecule has 0 N–H and O–H groups in total. The standard InChI is InChI=1S/C14H15ClN2O5/c1-4-22-14(19)10(8-16(2)3)13(18)9-5-6-12(17(20)21)11(15)7-9/h5-8H,4H2,1-3H3. The average Bonchev–Trinajstić information content (AvgIpc) is 2.43. The largest absolute Gasteiger partial charge is 0.462 e. The van der Waals surface area contributed by atoms with Crippen molar-refractivity contribution in [3.05, 3.63) is 50.7 Å². The van der Waals surface area contributed by atoms with Crippen molar-refractivity contribution in [2.45, 2.75) is 6.92 Å². The van der Waals surface area contributed by atoms with E-state index in [2.05, 4.69) is 0 Å². The van der Waals surface area contributed by atoms with E-state index < -0.39 is 16.7 Å². The monoisotopic (exact) mass is 326 g/mol. The first kappa shape index (κ1) is 17.6. The molecule has 0 atom stereocenters. The third-order valence-electron chi connectivity index (χ3n) is 2.53. The van der Waals surface area contributed by atoms with Crippen molar-refractivity contribution in [1.82, 2.24) is 4.90 Å². The maximum absolute atomic E-state index is 12.4. The summed E-state index contributed by atoms with van der Waals surface area (Å²) in [6.45, 7) is 1.75. The van der Waals surface area contributed by atoms with Gasteiger partial charge in [-0.25, -0.2) is 4.79 Å². The molecule has 7 nitrogen and oxygen atoms in total. The summed E-state index contributed by atoms with van der Waals surface area (Å²) < 4.78 is 4.84. The first-order chi connectivity index (χ1) is 10.3. The van der Waals surface area contributed by atoms with Crippen LogP contribution in [-0.4, -0.2) is 42.3 Å². The van der Waals surface area contributed by atoms with Gasteiger partial charge in [0.05, 0.1) is 11.5 Å². The van der Waals surface area contributed by atoms with Crippen LogP contribution in [0.4, 0.5) is 5.69 Å². The Morgan fingerprint density at radius 2 is 2.05 bits per heavy atom. The number of nitro benzene ring substituents is 1. The Kier molecular flexibility index (Phi) is 6.06. The highest BCUT2D eigenvalue weighted by Gasteiger charge is 2.23. The van der Waals surface area contributed by atoms with Gasteiger partial charge in [0, 0.05) is 31.9 Å². The zero-order valence-corrected chi connectivity index (χ0v) is 13.1. The van der Waals surface area contributed by atoms with Gasteiger partial charge in [0.2, 0.25) is 5.78 Å². The normalized spacial score (nSPS) is 11.0. The number of halogens is 1. The van der Waals surface area contributed by atoms with Crippen LogP contribution in [0.2, 0.25) is 5.02 Å². The van der Waals surface area contributed by atoms with Crippen molar-refractivity contribution in [2.75, 3.05) is 20.7 Å². The predicted octanol–water partition coefficient (Wildman–Crippen LogP) is 2.44. The molecular weight excluding hydrogens is 312 g/mol. The van der Waals surface area contributed by atoms with Gasteiger partial charge in [0.15, 0.2) is 0 Å². The molecule has 8 heteroatoms. The van der Waals surface area contributed by atoms with E-state index in [9.17, 15) is 19.7 Å². The van der Waals surface area contributed by atoms with Crippen LogP contribution in [-0.2, 0) is 9.53 Å². The van der Waals surface area contributed by atoms with Gasteiger partial charge < -0.3 is 9.64 Å². The lowest BCUT2D eigenvalue weighted by molar-refractivity contribution is -0.384. The van der Waals surface area contributed by atoms with Crippen LogP contribution in [0.15, 0.2) is 30.0 Å². The van der Waals surface area contributed by atoms with Gasteiger partial charge in [-0.1, -0.05) is 11.6 Å². The quantitative estimate of drug-likeness (QED) is 0.152. The molecule has 0 aliphatic carbocycles. The molecule has 0 aliphatic rings. The molecule has 0 saturated carbocycles. The highest BCUT2D eigenvalue weighted by molar-refractivity contribution is 6.33. The minimum atomic E-state index is -0.768. The summed E-state index contributed by atoms with van der Waals surface area (Å²) in [7, 11) is 3.30. The Morgan fingerprint density at radius 3 is 2.50 bits per heavy atom. The molecule has 0 spiro atoms. The number of carbonyl (C=O) groups is 2. The number of hydrogen-bond donors (Lipinski definition) is 0. The van der Waals surface area contributed by atoms with Gasteiger partial charge >= 0.3 is 5.97 Å². The zero-order valence-electron chi connectivity index (χ0n) is 12.3. The maximum atomic E-state index is 12.4. The van der Waals surface area contributed by atoms with Crippen molar-refractivity contribution >= 4 is 29.0 Å². The summed E-state index contributed by atoms with van der Waals surface area (Å²) in [5, 5.41) is 10.5. The topological polar surface area (TPSA) is 89.8 Å². The van der Waals surface area contributed by atoms with Crippen LogP contribution in [0.3, 0.4) is 0 Å². The Balaban J connectivity index is 3.22. The second-order valence-electron chi connectivity index (χ2n) is 4.48. The maximum Gasteiger partial charge on any atom is 0.343 e. The number of carbonyl (C=O) groups excluding carboxylic acids is 2. The smallest absolute Gasteiger partial charge is 0.343 e. The molecule has 0 heterocycles. The second-order valence-corrected chi connectivity index (χ2v) is 4.89. The van der Waals surface area contributed by atoms with E-state index in [1.165, 1.54) is 17.2 Å². The minimum absolute atomic E-state index is 0.0664. The van der Waals surface area contributed by atoms with Crippen LogP contribution >= 0.6 is 11.6 Å². The van der Waals surface area contributed by atoms with E-state index in [4.69, 9.17) is 16.3 Å². The highest BCUT2D eigenvalue weighted by atomic mass is 35.5. The van der Waals surface area contributed by atoms with Crippen LogP contribution in [0, 0.1) is 10.1 Å². The lowest BCUT2D eigenvalue weighted by Gasteiger charge is -2.11. The molecule has 0 aromatic heterocycles. The van der Waals surface area contributed by atoms with E-state index >= 15 is 0 Å². The van der Waals surface area contributed by atoms with Gasteiger partial charge in [0.25, 0.3) is 5.69 Å². The van der Waals surface area contributed by atoms with Crippen molar-refractivity contribution in [2.24, 2.45) is 0 Å². The number of Topliss-reactive ketones (excluding diaryl/α,β-unsaturated/α-hetero) is 1. The van der Waals surface area contributed by atoms with E-state index in [0.717, 1.165) is 12.1 Å². The Hall–Kier alpha value is -2.41. The second kappa shape index (κ2) is 7.56. The Bertz CT molecular complexity index is 640. The predicted molar refractivity (Wildman–Crippen MR) is 80.8 cm³/mol. The molecule has 0 saturated heterocycles. The van der Waals surface area contributed by atoms with Crippen molar-refractivity contribution in [3.8, 4) is 0 Å². The van der Waals surface area contributed by atoms with Gasteiger partial charge in [-0.05, 0) is 19.1 Å². The number of ketones is 1. The third kappa shape index (κ3) is 4.29. The summed E-state index contributed by atoms with van der Waals surface area (Å²) in [4.78, 5) is 35.9. The lowest BCUT2D eigenvalue weighted by atomic mass is 10.0. The fourth-order valence-electron chi connectivity index (χ4n) is 1.62. The summed E-state index contributed by atoms with van der Waals surface area (Å²) >= 11 is 5.78. The number of hydrogen-bond acceptors (Lipinski definition) is 6. The van der Waals surface area contributed by atoms with E-state index in [1.54, 1.807) is 21.0 Å². The van der Waals surface area contributed by atoms with Crippen molar-refractivity contribution < 1.29 is 19.2 Å². The van der Waals surface area contributed by atoms with Crippen LogP contribution in [0.1, 0.15) is 17.3 Å². The van der Waals surface area contributed by atoms with E-state index in [1.807, 2.05) is 0 Å². The first-order valence-electron chi connectivity index (χ1n) is 6.32. The first-order valence-corrected chi connectivity index (χ1v) is 6.69. The summed E-state index contributed by atoms with van der Waals surface area (Å²) in [6, 6.07) is 3.52. The minimum Gasteiger partial charge on any atom is -0.462 e. The zero-order chi connectivity index (χ0) is 16.9. The van der Waals surface area contributed by atoms with Crippen LogP contribution in [0.25, 0.3) is 0 Å². The molecule has 0 fully saturated rings. The molecule has 118 valence electrons. The number of nitrogens with zero attached hydrogens (tertiary/aromatic N) is 2. The molecule has 0 radical (unpaired) electrons. The molecule has 22 heavy (non-hydrogen) atoms. The number of benzene rings is 1. The Morgan fingerprint density at radius 1 is 1.41 bits per heavy atom.